The van der Waals surface area contributed by atoms with Crippen LogP contribution >= 0.6 is 0 Å². The summed E-state index contributed by atoms with van der Waals surface area (Å²) < 4.78 is 0. The number of carbonyl (C=O) groups is 5. The maximum Gasteiger partial charge on any atom is 0.328 e. The van der Waals surface area contributed by atoms with Gasteiger partial charge in [-0.3, -0.25) is 19.2 Å². The van der Waals surface area contributed by atoms with Crippen molar-refractivity contribution < 1.29 is 34.2 Å². The standard InChI is InChI=1S/C16H30N6O7/c17-6-2-1-3-9(14(26)22-11(8-23)16(28)29)21-15(27)10(4-5-12(19)24)20-13(25)7-18/h9-11,23H,1-8,17-18H2,(H2,19,24)(H,20,25)(H,21,27)(H,22,26)(H,28,29). The SMILES string of the molecule is NCCCCC(NC(=O)C(CCC(N)=O)NC(=O)CN)C(=O)NC(CO)C(=O)O. The highest BCUT2D eigenvalue weighted by Gasteiger charge is 2.29. The van der Waals surface area contributed by atoms with E-state index in [0.717, 1.165) is 0 Å². The number of aliphatic hydroxyl groups is 1. The average molecular weight is 418 g/mol. The minimum Gasteiger partial charge on any atom is -0.480 e. The molecule has 11 N–H and O–H groups in total. The maximum atomic E-state index is 12.6. The van der Waals surface area contributed by atoms with Crippen molar-refractivity contribution in [3.05, 3.63) is 0 Å². The first-order chi connectivity index (χ1) is 13.7. The van der Waals surface area contributed by atoms with Crippen LogP contribution in [0.5, 0.6) is 0 Å². The van der Waals surface area contributed by atoms with Crippen molar-refractivity contribution in [3.8, 4) is 0 Å². The zero-order valence-corrected chi connectivity index (χ0v) is 16.1. The van der Waals surface area contributed by atoms with Crippen molar-refractivity contribution in [1.29, 1.82) is 0 Å². The zero-order valence-electron chi connectivity index (χ0n) is 16.1. The van der Waals surface area contributed by atoms with Crippen molar-refractivity contribution >= 4 is 29.6 Å². The molecule has 0 bridgehead atoms. The van der Waals surface area contributed by atoms with Crippen molar-refractivity contribution in [1.82, 2.24) is 16.0 Å². The molecule has 4 amide bonds. The summed E-state index contributed by atoms with van der Waals surface area (Å²) in [5.74, 6) is -4.37. The number of nitrogens with one attached hydrogen (secondary N) is 3. The van der Waals surface area contributed by atoms with Crippen molar-refractivity contribution in [2.24, 2.45) is 17.2 Å². The first-order valence-electron chi connectivity index (χ1n) is 9.08. The normalized spacial score (nSPS) is 13.6. The Hall–Kier alpha value is -2.77. The average Bonchev–Trinajstić information content (AvgIpc) is 2.67. The lowest BCUT2D eigenvalue weighted by Gasteiger charge is -2.24. The predicted molar refractivity (Wildman–Crippen MR) is 101 cm³/mol. The maximum absolute atomic E-state index is 12.6. The second-order valence-electron chi connectivity index (χ2n) is 6.26. The molecule has 0 fully saturated rings. The number of nitrogens with two attached hydrogens (primary N) is 3. The minimum atomic E-state index is -1.54. The van der Waals surface area contributed by atoms with Gasteiger partial charge in [0.25, 0.3) is 0 Å². The van der Waals surface area contributed by atoms with Crippen LogP contribution in [0.2, 0.25) is 0 Å². The molecule has 0 aliphatic heterocycles. The topological polar surface area (TPSA) is 240 Å². The molecule has 3 unspecified atom stereocenters. The summed E-state index contributed by atoms with van der Waals surface area (Å²) in [6.45, 7) is -0.875. The summed E-state index contributed by atoms with van der Waals surface area (Å²) in [7, 11) is 0. The molecule has 0 aliphatic carbocycles. The first kappa shape index (κ1) is 26.2. The summed E-state index contributed by atoms with van der Waals surface area (Å²) in [5.41, 5.74) is 15.7. The van der Waals surface area contributed by atoms with Gasteiger partial charge >= 0.3 is 5.97 Å². The summed E-state index contributed by atoms with van der Waals surface area (Å²) in [5, 5.41) is 24.9. The third-order valence-electron chi connectivity index (χ3n) is 3.89. The molecule has 0 saturated heterocycles. The van der Waals surface area contributed by atoms with E-state index in [1.165, 1.54) is 0 Å². The molecular weight excluding hydrogens is 388 g/mol. The number of carboxylic acid groups (broad SMARTS) is 1. The largest absolute Gasteiger partial charge is 0.480 e. The smallest absolute Gasteiger partial charge is 0.328 e. The number of aliphatic hydroxyl groups excluding tert-OH is 1. The van der Waals surface area contributed by atoms with Crippen LogP contribution in [0.4, 0.5) is 0 Å². The van der Waals surface area contributed by atoms with Crippen LogP contribution in [0.1, 0.15) is 32.1 Å². The van der Waals surface area contributed by atoms with Gasteiger partial charge in [0, 0.05) is 6.42 Å². The third-order valence-corrected chi connectivity index (χ3v) is 3.89. The van der Waals surface area contributed by atoms with Gasteiger partial charge in [0.15, 0.2) is 0 Å². The molecule has 0 aliphatic rings. The molecular formula is C16H30N6O7. The molecule has 13 nitrogen and oxygen atoms in total. The Morgan fingerprint density at radius 3 is 1.83 bits per heavy atom. The monoisotopic (exact) mass is 418 g/mol. The highest BCUT2D eigenvalue weighted by Crippen LogP contribution is 2.05. The van der Waals surface area contributed by atoms with E-state index >= 15 is 0 Å². The fourth-order valence-electron chi connectivity index (χ4n) is 2.30. The van der Waals surface area contributed by atoms with Crippen molar-refractivity contribution in [2.45, 2.75) is 50.2 Å². The van der Waals surface area contributed by atoms with E-state index in [0.29, 0.717) is 19.4 Å². The molecule has 0 rings (SSSR count). The van der Waals surface area contributed by atoms with Gasteiger partial charge in [-0.2, -0.15) is 0 Å². The minimum absolute atomic E-state index is 0.113. The Balaban J connectivity index is 5.27. The van der Waals surface area contributed by atoms with E-state index < -0.39 is 60.9 Å². The Morgan fingerprint density at radius 1 is 0.828 bits per heavy atom. The van der Waals surface area contributed by atoms with Crippen LogP contribution in [-0.2, 0) is 24.0 Å². The van der Waals surface area contributed by atoms with Crippen molar-refractivity contribution in [2.75, 3.05) is 19.7 Å². The molecule has 166 valence electrons. The van der Waals surface area contributed by atoms with Crippen LogP contribution in [0, 0.1) is 0 Å². The Kier molecular flexibility index (Phi) is 12.9. The highest BCUT2D eigenvalue weighted by molar-refractivity contribution is 5.93. The van der Waals surface area contributed by atoms with Gasteiger partial charge in [-0.25, -0.2) is 4.79 Å². The van der Waals surface area contributed by atoms with Crippen LogP contribution < -0.4 is 33.2 Å². The van der Waals surface area contributed by atoms with Gasteiger partial charge in [-0.1, -0.05) is 0 Å². The molecule has 29 heavy (non-hydrogen) atoms. The van der Waals surface area contributed by atoms with Gasteiger partial charge in [0.2, 0.25) is 23.6 Å². The molecule has 3 atom stereocenters. The van der Waals surface area contributed by atoms with Gasteiger partial charge in [0.1, 0.15) is 18.1 Å². The van der Waals surface area contributed by atoms with Gasteiger partial charge in [-0.05, 0) is 32.2 Å². The third kappa shape index (κ3) is 11.0. The molecule has 0 aromatic rings. The number of primary amides is 1. The van der Waals surface area contributed by atoms with E-state index in [2.05, 4.69) is 16.0 Å². The number of unbranched alkanes of at least 4 members (excludes halogenated alkanes) is 1. The second kappa shape index (κ2) is 14.3. The second-order valence-corrected chi connectivity index (χ2v) is 6.26. The lowest BCUT2D eigenvalue weighted by atomic mass is 10.1. The number of carbonyl (C=O) groups excluding carboxylic acids is 4. The lowest BCUT2D eigenvalue weighted by Crippen LogP contribution is -2.56. The van der Waals surface area contributed by atoms with Gasteiger partial charge in [-0.15, -0.1) is 0 Å². The van der Waals surface area contributed by atoms with E-state index in [-0.39, 0.29) is 19.3 Å². The fourth-order valence-corrected chi connectivity index (χ4v) is 2.30. The summed E-state index contributed by atoms with van der Waals surface area (Å²) >= 11 is 0. The zero-order chi connectivity index (χ0) is 22.4. The molecule has 0 aromatic carbocycles. The molecule has 0 saturated carbocycles. The van der Waals surface area contributed by atoms with Gasteiger partial charge < -0.3 is 43.4 Å². The number of carboxylic acids is 1. The van der Waals surface area contributed by atoms with Crippen LogP contribution in [0.3, 0.4) is 0 Å². The Bertz CT molecular complexity index is 586. The lowest BCUT2D eigenvalue weighted by molar-refractivity contribution is -0.143. The molecule has 0 aromatic heterocycles. The quantitative estimate of drug-likeness (QED) is 0.120. The van der Waals surface area contributed by atoms with Crippen molar-refractivity contribution in [3.63, 3.8) is 0 Å². The summed E-state index contributed by atoms with van der Waals surface area (Å²) in [4.78, 5) is 58.5. The van der Waals surface area contributed by atoms with Crippen LogP contribution in [-0.4, -0.2) is 77.6 Å². The van der Waals surface area contributed by atoms with Crippen LogP contribution in [0.25, 0.3) is 0 Å². The van der Waals surface area contributed by atoms with E-state index in [1.54, 1.807) is 0 Å². The Morgan fingerprint density at radius 2 is 1.38 bits per heavy atom. The number of rotatable bonds is 15. The van der Waals surface area contributed by atoms with E-state index in [4.69, 9.17) is 27.4 Å². The first-order valence-corrected chi connectivity index (χ1v) is 9.08. The fraction of sp³-hybridized carbons (Fsp3) is 0.688. The number of hydrogen-bond donors (Lipinski definition) is 8. The highest BCUT2D eigenvalue weighted by atomic mass is 16.4. The van der Waals surface area contributed by atoms with E-state index in [9.17, 15) is 24.0 Å². The molecule has 13 heteroatoms. The number of aliphatic carboxylic acids is 1. The molecule has 0 heterocycles. The Labute approximate surface area is 167 Å². The number of hydrogen-bond acceptors (Lipinski definition) is 8. The number of amides is 4. The summed E-state index contributed by atoms with van der Waals surface area (Å²) in [6.07, 6.45) is 0.834. The van der Waals surface area contributed by atoms with E-state index in [1.807, 2.05) is 0 Å². The molecule has 0 radical (unpaired) electrons. The summed E-state index contributed by atoms with van der Waals surface area (Å²) in [6, 6.07) is -3.86. The predicted octanol–water partition coefficient (Wildman–Crippen LogP) is -4.13. The molecule has 0 spiro atoms. The van der Waals surface area contributed by atoms with Gasteiger partial charge in [0.05, 0.1) is 13.2 Å². The van der Waals surface area contributed by atoms with Crippen LogP contribution in [0.15, 0.2) is 0 Å².